The number of anilines is 1. The Bertz CT molecular complexity index is 1690. The fraction of sp³-hybridized carbons (Fsp3) is 0.517. The van der Waals surface area contributed by atoms with E-state index in [1.165, 1.54) is 6.33 Å². The van der Waals surface area contributed by atoms with Gasteiger partial charge in [0.25, 0.3) is 0 Å². The predicted octanol–water partition coefficient (Wildman–Crippen LogP) is 3.60. The van der Waals surface area contributed by atoms with Crippen molar-refractivity contribution in [1.82, 2.24) is 45.1 Å². The Morgan fingerprint density at radius 2 is 1.72 bits per heavy atom. The Morgan fingerprint density at radius 1 is 1.02 bits per heavy atom. The number of nitrogens with zero attached hydrogens (tertiary/aromatic N) is 8. The quantitative estimate of drug-likeness (QED) is 0.314. The zero-order valence-electron chi connectivity index (χ0n) is 25.2. The van der Waals surface area contributed by atoms with Gasteiger partial charge in [-0.25, -0.2) is 29.4 Å². The van der Waals surface area contributed by atoms with Gasteiger partial charge in [0.1, 0.15) is 35.7 Å². The molecule has 5 heterocycles. The molecule has 4 aromatic rings. The third kappa shape index (κ3) is 5.60. The highest BCUT2D eigenvalue weighted by Gasteiger charge is 2.37. The molecule has 1 aliphatic heterocycles. The maximum atomic E-state index is 12.5. The van der Waals surface area contributed by atoms with Crippen LogP contribution >= 0.6 is 0 Å². The molecule has 1 saturated carbocycles. The highest BCUT2D eigenvalue weighted by atomic mass is 16.6. The first-order chi connectivity index (χ1) is 20.3. The monoisotopic (exact) mass is 588 g/mol. The molecule has 14 heteroatoms. The van der Waals surface area contributed by atoms with Crippen LogP contribution in [0.15, 0.2) is 23.2 Å². The van der Waals surface area contributed by atoms with Crippen LogP contribution in [0.1, 0.15) is 77.5 Å². The number of ether oxygens (including phenoxy) is 1. The number of rotatable bonds is 6. The molecule has 43 heavy (non-hydrogen) atoms. The Morgan fingerprint density at radius 3 is 2.35 bits per heavy atom. The fourth-order valence-corrected chi connectivity index (χ4v) is 5.08. The molecule has 0 radical (unpaired) electrons. The minimum atomic E-state index is -0.605. The molecule has 0 atom stereocenters. The van der Waals surface area contributed by atoms with Crippen LogP contribution < -0.4 is 11.1 Å². The average Bonchev–Trinajstić information content (AvgIpc) is 3.51. The smallest absolute Gasteiger partial charge is 0.325 e. The lowest BCUT2D eigenvalue weighted by molar-refractivity contribution is -0.153. The van der Waals surface area contributed by atoms with Gasteiger partial charge in [-0.3, -0.25) is 4.79 Å². The molecular formula is C29H36N10O4. The number of esters is 1. The second kappa shape index (κ2) is 10.3. The number of likely N-dealkylation sites (tertiary alicyclic amines) is 1. The second-order valence-electron chi connectivity index (χ2n) is 13.1. The van der Waals surface area contributed by atoms with Gasteiger partial charge in [0.05, 0.1) is 16.5 Å². The Hall–Kier alpha value is -4.62. The van der Waals surface area contributed by atoms with Gasteiger partial charge >= 0.3 is 12.0 Å². The summed E-state index contributed by atoms with van der Waals surface area (Å²) in [5, 5.41) is 12.6. The molecule has 2 amide bonds. The highest BCUT2D eigenvalue weighted by molar-refractivity contribution is 6.00. The summed E-state index contributed by atoms with van der Waals surface area (Å²) >= 11 is 0. The maximum absolute atomic E-state index is 12.5. The van der Waals surface area contributed by atoms with Crippen LogP contribution in [0.5, 0.6) is 0 Å². The number of amides is 2. The van der Waals surface area contributed by atoms with Crippen LogP contribution in [0.2, 0.25) is 0 Å². The third-order valence-corrected chi connectivity index (χ3v) is 7.36. The molecule has 6 rings (SSSR count). The Labute approximate surface area is 248 Å². The number of carbonyl (C=O) groups is 2. The van der Waals surface area contributed by atoms with Gasteiger partial charge in [-0.2, -0.15) is 5.10 Å². The van der Waals surface area contributed by atoms with Crippen molar-refractivity contribution >= 4 is 28.9 Å². The number of nitrogens with one attached hydrogen (secondary N) is 1. The summed E-state index contributed by atoms with van der Waals surface area (Å²) in [6.45, 7) is 12.3. The number of nitrogen functional groups attached to an aromatic ring is 1. The van der Waals surface area contributed by atoms with Gasteiger partial charge in [0, 0.05) is 37.3 Å². The topological polar surface area (TPSA) is 180 Å². The Balaban J connectivity index is 1.23. The summed E-state index contributed by atoms with van der Waals surface area (Å²) in [5.41, 5.74) is 8.59. The van der Waals surface area contributed by atoms with Crippen LogP contribution in [-0.4, -0.2) is 77.0 Å². The van der Waals surface area contributed by atoms with Crippen molar-refractivity contribution in [2.45, 2.75) is 77.4 Å². The van der Waals surface area contributed by atoms with Gasteiger partial charge in [0.2, 0.25) is 0 Å². The minimum Gasteiger partial charge on any atom is -0.459 e. The molecule has 1 aliphatic carbocycles. The van der Waals surface area contributed by atoms with Crippen molar-refractivity contribution in [2.24, 2.45) is 0 Å². The molecule has 3 N–H and O–H groups in total. The molecule has 0 aromatic carbocycles. The summed E-state index contributed by atoms with van der Waals surface area (Å²) in [7, 11) is 0. The first-order valence-corrected chi connectivity index (χ1v) is 14.4. The van der Waals surface area contributed by atoms with Crippen molar-refractivity contribution in [3.8, 4) is 22.8 Å². The zero-order valence-corrected chi connectivity index (χ0v) is 25.2. The lowest BCUT2D eigenvalue weighted by Gasteiger charge is -2.39. The summed E-state index contributed by atoms with van der Waals surface area (Å²) in [4.78, 5) is 44.1. The van der Waals surface area contributed by atoms with Gasteiger partial charge < -0.3 is 25.2 Å². The van der Waals surface area contributed by atoms with Crippen LogP contribution in [-0.2, 0) is 15.1 Å². The van der Waals surface area contributed by atoms with Gasteiger partial charge in [-0.05, 0) is 59.9 Å². The van der Waals surface area contributed by atoms with Gasteiger partial charge in [0.15, 0.2) is 17.2 Å². The molecule has 0 unspecified atom stereocenters. The predicted molar refractivity (Wildman–Crippen MR) is 157 cm³/mol. The average molecular weight is 589 g/mol. The second-order valence-corrected chi connectivity index (χ2v) is 13.1. The van der Waals surface area contributed by atoms with Crippen LogP contribution in [0.25, 0.3) is 33.8 Å². The third-order valence-electron chi connectivity index (χ3n) is 7.36. The largest absolute Gasteiger partial charge is 0.459 e. The summed E-state index contributed by atoms with van der Waals surface area (Å²) in [6.07, 6.45) is 6.98. The number of aromatic nitrogens is 7. The van der Waals surface area contributed by atoms with Gasteiger partial charge in [-0.1, -0.05) is 5.16 Å². The van der Waals surface area contributed by atoms with Crippen LogP contribution in [0.3, 0.4) is 0 Å². The highest BCUT2D eigenvalue weighted by Crippen LogP contribution is 2.48. The van der Waals surface area contributed by atoms with E-state index in [1.807, 2.05) is 25.5 Å². The van der Waals surface area contributed by atoms with E-state index in [2.05, 4.69) is 20.4 Å². The lowest BCUT2D eigenvalue weighted by Crippen LogP contribution is -2.53. The van der Waals surface area contributed by atoms with E-state index in [0.29, 0.717) is 52.7 Å². The first kappa shape index (κ1) is 28.5. The number of carbonyl (C=O) groups excluding carboxylic acids is 2. The van der Waals surface area contributed by atoms with Crippen LogP contribution in [0, 0.1) is 0 Å². The number of nitrogens with two attached hydrogens (primary N) is 1. The minimum absolute atomic E-state index is 0.0783. The molecule has 1 saturated heterocycles. The zero-order chi connectivity index (χ0) is 30.7. The number of hydrogen-bond acceptors (Lipinski definition) is 11. The van der Waals surface area contributed by atoms with Crippen molar-refractivity contribution in [3.05, 3.63) is 30.0 Å². The molecular weight excluding hydrogens is 552 g/mol. The molecule has 0 bridgehead atoms. The van der Waals surface area contributed by atoms with Crippen molar-refractivity contribution in [2.75, 3.05) is 25.4 Å². The standard InChI is InChI=1S/C29H36N10O4/c1-28(2,3)39-26-20(24(30)34-14-35-26)21(36-39)22-19(23(43-37-22)15-7-8-15)25-31-9-16(10-32-25)17-12-38(13-17)27(41)33-11-18(40)42-29(4,5)6/h9-10,14-15,17H,7-8,11-13H2,1-6H3,(H,33,41)(H2,30,34,35). The van der Waals surface area contributed by atoms with Crippen LogP contribution in [0.4, 0.5) is 10.6 Å². The Kier molecular flexibility index (Phi) is 6.81. The van der Waals surface area contributed by atoms with Crippen molar-refractivity contribution in [1.29, 1.82) is 0 Å². The molecule has 0 spiro atoms. The van der Waals surface area contributed by atoms with Crippen molar-refractivity contribution < 1.29 is 18.8 Å². The van der Waals surface area contributed by atoms with E-state index in [9.17, 15) is 9.59 Å². The number of urea groups is 1. The maximum Gasteiger partial charge on any atom is 0.325 e. The summed E-state index contributed by atoms with van der Waals surface area (Å²) < 4.78 is 12.9. The molecule has 2 aliphatic rings. The fourth-order valence-electron chi connectivity index (χ4n) is 5.08. The summed E-state index contributed by atoms with van der Waals surface area (Å²) in [6, 6.07) is -0.312. The number of fused-ring (bicyclic) bond motifs is 1. The lowest BCUT2D eigenvalue weighted by atomic mass is 9.94. The molecule has 226 valence electrons. The number of hydrogen-bond donors (Lipinski definition) is 2. The first-order valence-electron chi connectivity index (χ1n) is 14.4. The molecule has 14 nitrogen and oxygen atoms in total. The van der Waals surface area contributed by atoms with Crippen molar-refractivity contribution in [3.63, 3.8) is 0 Å². The molecule has 4 aromatic heterocycles. The summed E-state index contributed by atoms with van der Waals surface area (Å²) in [5.74, 6) is 1.35. The molecule has 2 fully saturated rings. The van der Waals surface area contributed by atoms with E-state index < -0.39 is 11.6 Å². The van der Waals surface area contributed by atoms with E-state index in [0.717, 1.165) is 24.2 Å². The van der Waals surface area contributed by atoms with E-state index in [-0.39, 0.29) is 30.0 Å². The van der Waals surface area contributed by atoms with Gasteiger partial charge in [-0.15, -0.1) is 0 Å². The SMILES string of the molecule is CC(C)(C)OC(=O)CNC(=O)N1CC(c2cnc(-c3c(-c4nn(C(C)(C)C)c5ncnc(N)c45)noc3C3CC3)nc2)C1. The van der Waals surface area contributed by atoms with E-state index >= 15 is 0 Å². The normalized spacial score (nSPS) is 15.9. The van der Waals surface area contributed by atoms with E-state index in [1.54, 1.807) is 38.1 Å². The van der Waals surface area contributed by atoms with E-state index in [4.69, 9.17) is 30.1 Å².